The Morgan fingerprint density at radius 2 is 2.00 bits per heavy atom. The van der Waals surface area contributed by atoms with Gasteiger partial charge >= 0.3 is 6.18 Å². The highest BCUT2D eigenvalue weighted by Gasteiger charge is 2.33. The van der Waals surface area contributed by atoms with Gasteiger partial charge in [-0.25, -0.2) is 9.97 Å². The van der Waals surface area contributed by atoms with Gasteiger partial charge in [0.05, 0.1) is 6.61 Å². The second kappa shape index (κ2) is 4.46. The fourth-order valence-electron chi connectivity index (χ4n) is 0.825. The summed E-state index contributed by atoms with van der Waals surface area (Å²) in [5.41, 5.74) is -0.990. The Hall–Kier alpha value is -1.33. The van der Waals surface area contributed by atoms with E-state index in [4.69, 9.17) is 4.74 Å². The number of aromatic nitrogens is 2. The zero-order valence-electron chi connectivity index (χ0n) is 8.38. The van der Waals surface area contributed by atoms with Gasteiger partial charge in [0.15, 0.2) is 5.69 Å². The molecule has 0 aliphatic heterocycles. The minimum Gasteiger partial charge on any atom is -0.477 e. The van der Waals surface area contributed by atoms with Crippen LogP contribution in [0.1, 0.15) is 19.5 Å². The van der Waals surface area contributed by atoms with Gasteiger partial charge in [-0.3, -0.25) is 0 Å². The summed E-state index contributed by atoms with van der Waals surface area (Å²) in [4.78, 5) is 6.71. The summed E-state index contributed by atoms with van der Waals surface area (Å²) in [6.07, 6.45) is -3.61. The van der Waals surface area contributed by atoms with Gasteiger partial charge in [-0.15, -0.1) is 0 Å². The Kier molecular flexibility index (Phi) is 3.49. The molecule has 6 heteroatoms. The van der Waals surface area contributed by atoms with Crippen LogP contribution in [-0.4, -0.2) is 16.6 Å². The van der Waals surface area contributed by atoms with Crippen LogP contribution in [0.3, 0.4) is 0 Å². The molecule has 0 aliphatic carbocycles. The molecule has 0 saturated carbocycles. The molecule has 15 heavy (non-hydrogen) atoms. The van der Waals surface area contributed by atoms with E-state index in [1.54, 1.807) is 0 Å². The summed E-state index contributed by atoms with van der Waals surface area (Å²) in [5, 5.41) is 0. The van der Waals surface area contributed by atoms with Gasteiger partial charge in [-0.1, -0.05) is 13.8 Å². The first-order valence-corrected chi connectivity index (χ1v) is 4.41. The fourth-order valence-corrected chi connectivity index (χ4v) is 0.825. The Labute approximate surface area is 85.3 Å². The molecule has 0 spiro atoms. The number of hydrogen-bond acceptors (Lipinski definition) is 3. The van der Waals surface area contributed by atoms with Crippen molar-refractivity contribution in [3.8, 4) is 5.88 Å². The first kappa shape index (κ1) is 11.7. The van der Waals surface area contributed by atoms with E-state index >= 15 is 0 Å². The first-order chi connectivity index (χ1) is 6.89. The van der Waals surface area contributed by atoms with Gasteiger partial charge in [0.2, 0.25) is 5.88 Å². The average Bonchev–Trinajstić information content (AvgIpc) is 2.14. The average molecular weight is 220 g/mol. The molecule has 0 saturated heterocycles. The van der Waals surface area contributed by atoms with Crippen LogP contribution in [0.2, 0.25) is 0 Å². The number of nitrogens with zero attached hydrogens (tertiary/aromatic N) is 2. The van der Waals surface area contributed by atoms with Crippen molar-refractivity contribution in [1.82, 2.24) is 9.97 Å². The summed E-state index contributed by atoms with van der Waals surface area (Å²) in [6.45, 7) is 4.12. The molecule has 0 unspecified atom stereocenters. The van der Waals surface area contributed by atoms with Crippen molar-refractivity contribution in [2.24, 2.45) is 5.92 Å². The van der Waals surface area contributed by atoms with Crippen LogP contribution in [0.5, 0.6) is 5.88 Å². The lowest BCUT2D eigenvalue weighted by molar-refractivity contribution is -0.141. The van der Waals surface area contributed by atoms with E-state index in [2.05, 4.69) is 9.97 Å². The quantitative estimate of drug-likeness (QED) is 0.785. The second-order valence-corrected chi connectivity index (χ2v) is 3.44. The van der Waals surface area contributed by atoms with Crippen LogP contribution in [0.15, 0.2) is 12.4 Å². The molecule has 0 N–H and O–H groups in total. The standard InChI is InChI=1S/C9H11F3N2O/c1-6(2)4-15-8-3-7(9(10,11)12)13-5-14-8/h3,5-6H,4H2,1-2H3. The minimum atomic E-state index is -4.46. The maximum Gasteiger partial charge on any atom is 0.433 e. The van der Waals surface area contributed by atoms with Gasteiger partial charge in [0, 0.05) is 6.07 Å². The Morgan fingerprint density at radius 3 is 2.53 bits per heavy atom. The van der Waals surface area contributed by atoms with Crippen molar-refractivity contribution < 1.29 is 17.9 Å². The molecule has 0 radical (unpaired) electrons. The van der Waals surface area contributed by atoms with E-state index in [1.165, 1.54) is 0 Å². The third kappa shape index (κ3) is 3.73. The molecule has 1 rings (SSSR count). The number of alkyl halides is 3. The molecule has 1 heterocycles. The zero-order valence-corrected chi connectivity index (χ0v) is 8.38. The van der Waals surface area contributed by atoms with Crippen LogP contribution in [0.25, 0.3) is 0 Å². The Morgan fingerprint density at radius 1 is 1.33 bits per heavy atom. The molecule has 84 valence electrons. The highest BCUT2D eigenvalue weighted by atomic mass is 19.4. The van der Waals surface area contributed by atoms with Crippen molar-refractivity contribution in [1.29, 1.82) is 0 Å². The normalized spacial score (nSPS) is 11.9. The molecule has 0 atom stereocenters. The molecule has 1 aromatic rings. The van der Waals surface area contributed by atoms with Crippen molar-refractivity contribution in [2.75, 3.05) is 6.61 Å². The smallest absolute Gasteiger partial charge is 0.433 e. The summed E-state index contributed by atoms with van der Waals surface area (Å²) < 4.78 is 41.7. The van der Waals surface area contributed by atoms with Gasteiger partial charge in [0.1, 0.15) is 6.33 Å². The van der Waals surface area contributed by atoms with E-state index < -0.39 is 11.9 Å². The van der Waals surface area contributed by atoms with Crippen LogP contribution in [-0.2, 0) is 6.18 Å². The predicted molar refractivity (Wildman–Crippen MR) is 47.4 cm³/mol. The molecule has 3 nitrogen and oxygen atoms in total. The largest absolute Gasteiger partial charge is 0.477 e. The lowest BCUT2D eigenvalue weighted by atomic mass is 10.2. The molecular formula is C9H11F3N2O. The van der Waals surface area contributed by atoms with E-state index in [1.807, 2.05) is 13.8 Å². The van der Waals surface area contributed by atoms with Gasteiger partial charge in [-0.05, 0) is 5.92 Å². The lowest BCUT2D eigenvalue weighted by Crippen LogP contribution is -2.10. The van der Waals surface area contributed by atoms with E-state index in [-0.39, 0.29) is 11.8 Å². The minimum absolute atomic E-state index is 0.0500. The monoisotopic (exact) mass is 220 g/mol. The Balaban J connectivity index is 2.75. The van der Waals surface area contributed by atoms with Crippen molar-refractivity contribution in [3.05, 3.63) is 18.1 Å². The van der Waals surface area contributed by atoms with E-state index in [0.29, 0.717) is 6.61 Å². The van der Waals surface area contributed by atoms with Crippen molar-refractivity contribution in [3.63, 3.8) is 0 Å². The van der Waals surface area contributed by atoms with E-state index in [9.17, 15) is 13.2 Å². The predicted octanol–water partition coefficient (Wildman–Crippen LogP) is 2.53. The molecule has 0 fully saturated rings. The zero-order chi connectivity index (χ0) is 11.5. The molecular weight excluding hydrogens is 209 g/mol. The topological polar surface area (TPSA) is 35.0 Å². The highest BCUT2D eigenvalue weighted by Crippen LogP contribution is 2.28. The van der Waals surface area contributed by atoms with Gasteiger partial charge in [-0.2, -0.15) is 13.2 Å². The molecule has 1 aromatic heterocycles. The van der Waals surface area contributed by atoms with Crippen LogP contribution in [0.4, 0.5) is 13.2 Å². The lowest BCUT2D eigenvalue weighted by Gasteiger charge is -2.09. The highest BCUT2D eigenvalue weighted by molar-refractivity contribution is 5.15. The number of halogens is 3. The van der Waals surface area contributed by atoms with Crippen LogP contribution >= 0.6 is 0 Å². The fraction of sp³-hybridized carbons (Fsp3) is 0.556. The summed E-state index contributed by atoms with van der Waals surface area (Å²) in [7, 11) is 0. The SMILES string of the molecule is CC(C)COc1cc(C(F)(F)F)ncn1. The Bertz CT molecular complexity index is 325. The van der Waals surface area contributed by atoms with Crippen molar-refractivity contribution in [2.45, 2.75) is 20.0 Å². The third-order valence-electron chi connectivity index (χ3n) is 1.50. The third-order valence-corrected chi connectivity index (χ3v) is 1.50. The second-order valence-electron chi connectivity index (χ2n) is 3.44. The number of rotatable bonds is 3. The molecule has 0 amide bonds. The first-order valence-electron chi connectivity index (χ1n) is 4.41. The summed E-state index contributed by atoms with van der Waals surface area (Å²) in [6, 6.07) is 0.794. The van der Waals surface area contributed by atoms with Crippen molar-refractivity contribution >= 4 is 0 Å². The van der Waals surface area contributed by atoms with Gasteiger partial charge in [0.25, 0.3) is 0 Å². The van der Waals surface area contributed by atoms with E-state index in [0.717, 1.165) is 12.4 Å². The molecule has 0 aromatic carbocycles. The maximum absolute atomic E-state index is 12.2. The molecule has 0 bridgehead atoms. The summed E-state index contributed by atoms with van der Waals surface area (Å²) >= 11 is 0. The summed E-state index contributed by atoms with van der Waals surface area (Å²) in [5.74, 6) is 0.181. The number of ether oxygens (including phenoxy) is 1. The van der Waals surface area contributed by atoms with Gasteiger partial charge < -0.3 is 4.74 Å². The van der Waals surface area contributed by atoms with Crippen LogP contribution < -0.4 is 4.74 Å². The molecule has 0 aliphatic rings. The van der Waals surface area contributed by atoms with Crippen LogP contribution in [0, 0.1) is 5.92 Å². The maximum atomic E-state index is 12.2. The number of hydrogen-bond donors (Lipinski definition) is 0.